The van der Waals surface area contributed by atoms with Crippen molar-refractivity contribution in [3.05, 3.63) is 63.3 Å². The predicted molar refractivity (Wildman–Crippen MR) is 76.0 cm³/mol. The summed E-state index contributed by atoms with van der Waals surface area (Å²) in [5.41, 5.74) is 3.77. The third-order valence-electron chi connectivity index (χ3n) is 3.75. The number of benzene rings is 1. The smallest absolute Gasteiger partial charge is 0.253 e. The second kappa shape index (κ2) is 5.04. The van der Waals surface area contributed by atoms with Crippen LogP contribution < -0.4 is 5.56 Å². The summed E-state index contributed by atoms with van der Waals surface area (Å²) < 4.78 is 1.35. The van der Waals surface area contributed by atoms with E-state index in [0.717, 1.165) is 19.3 Å². The van der Waals surface area contributed by atoms with Crippen molar-refractivity contribution in [2.45, 2.75) is 32.7 Å². The molecule has 0 saturated heterocycles. The Morgan fingerprint density at radius 3 is 2.85 bits per heavy atom. The van der Waals surface area contributed by atoms with Crippen LogP contribution in [-0.2, 0) is 19.4 Å². The highest BCUT2D eigenvalue weighted by Gasteiger charge is 2.14. The summed E-state index contributed by atoms with van der Waals surface area (Å²) in [7, 11) is 0. The van der Waals surface area contributed by atoms with Gasteiger partial charge in [0, 0.05) is 17.3 Å². The molecule has 102 valence electrons. The molecule has 0 spiro atoms. The summed E-state index contributed by atoms with van der Waals surface area (Å²) in [5.74, 6) is -0.0487. The molecule has 1 heterocycles. The van der Waals surface area contributed by atoms with Gasteiger partial charge in [-0.25, -0.2) is 4.98 Å². The van der Waals surface area contributed by atoms with Crippen molar-refractivity contribution in [2.24, 2.45) is 0 Å². The first kappa shape index (κ1) is 12.8. The van der Waals surface area contributed by atoms with Crippen molar-refractivity contribution in [2.75, 3.05) is 0 Å². The van der Waals surface area contributed by atoms with Gasteiger partial charge in [-0.15, -0.1) is 0 Å². The van der Waals surface area contributed by atoms with Crippen molar-refractivity contribution in [3.63, 3.8) is 0 Å². The molecule has 0 fully saturated rings. The molecular weight excluding hydrogens is 252 g/mol. The average molecular weight is 268 g/mol. The molecule has 0 saturated carbocycles. The number of rotatable bonds is 3. The Bertz CT molecular complexity index is 731. The Morgan fingerprint density at radius 1 is 1.25 bits per heavy atom. The Hall–Kier alpha value is -2.23. The molecule has 1 aliphatic carbocycles. The van der Waals surface area contributed by atoms with E-state index in [1.807, 2.05) is 18.2 Å². The Kier molecular flexibility index (Phi) is 3.22. The van der Waals surface area contributed by atoms with Crippen LogP contribution in [0.25, 0.3) is 0 Å². The van der Waals surface area contributed by atoms with Crippen molar-refractivity contribution < 1.29 is 4.79 Å². The minimum absolute atomic E-state index is 0.0465. The van der Waals surface area contributed by atoms with Gasteiger partial charge < -0.3 is 0 Å². The monoisotopic (exact) mass is 268 g/mol. The molecule has 1 aromatic heterocycles. The van der Waals surface area contributed by atoms with Gasteiger partial charge in [-0.05, 0) is 43.4 Å². The summed E-state index contributed by atoms with van der Waals surface area (Å²) in [6, 6.07) is 7.30. The van der Waals surface area contributed by atoms with Gasteiger partial charge in [-0.3, -0.25) is 14.2 Å². The number of aryl methyl sites for hydroxylation is 3. The molecular formula is C16H16N2O2. The van der Waals surface area contributed by atoms with Crippen LogP contribution in [0.4, 0.5) is 0 Å². The van der Waals surface area contributed by atoms with Gasteiger partial charge in [-0.1, -0.05) is 12.1 Å². The standard InChI is InChI=1S/C16H16N2O2/c1-11-7-16(20)18(10-17-11)9-15(19)14-6-5-12-3-2-4-13(12)8-14/h5-8,10H,2-4,9H2,1H3. The van der Waals surface area contributed by atoms with E-state index in [9.17, 15) is 9.59 Å². The molecule has 0 amide bonds. The third-order valence-corrected chi connectivity index (χ3v) is 3.75. The lowest BCUT2D eigenvalue weighted by Gasteiger charge is -2.06. The van der Waals surface area contributed by atoms with E-state index in [-0.39, 0.29) is 17.9 Å². The Labute approximate surface area is 117 Å². The highest BCUT2D eigenvalue weighted by atomic mass is 16.1. The minimum Gasteiger partial charge on any atom is -0.292 e. The summed E-state index contributed by atoms with van der Waals surface area (Å²) >= 11 is 0. The first-order valence-electron chi connectivity index (χ1n) is 6.81. The molecule has 0 aliphatic heterocycles. The number of hydrogen-bond donors (Lipinski definition) is 0. The fourth-order valence-corrected chi connectivity index (χ4v) is 2.63. The zero-order valence-corrected chi connectivity index (χ0v) is 11.4. The Morgan fingerprint density at radius 2 is 2.05 bits per heavy atom. The van der Waals surface area contributed by atoms with Crippen molar-refractivity contribution in [3.8, 4) is 0 Å². The number of fused-ring (bicyclic) bond motifs is 1. The van der Waals surface area contributed by atoms with Crippen LogP contribution >= 0.6 is 0 Å². The van der Waals surface area contributed by atoms with Crippen molar-refractivity contribution in [1.29, 1.82) is 0 Å². The van der Waals surface area contributed by atoms with Crippen LogP contribution in [0, 0.1) is 6.92 Å². The molecule has 4 nitrogen and oxygen atoms in total. The molecule has 0 N–H and O–H groups in total. The van der Waals surface area contributed by atoms with Gasteiger partial charge in [0.1, 0.15) is 0 Å². The van der Waals surface area contributed by atoms with Gasteiger partial charge in [0.2, 0.25) is 0 Å². The van der Waals surface area contributed by atoms with Crippen LogP contribution in [0.2, 0.25) is 0 Å². The molecule has 2 aromatic rings. The second-order valence-electron chi connectivity index (χ2n) is 5.26. The Balaban J connectivity index is 1.84. The zero-order valence-electron chi connectivity index (χ0n) is 11.4. The van der Waals surface area contributed by atoms with E-state index in [1.165, 1.54) is 28.1 Å². The number of Topliss-reactive ketones (excluding diaryl/α,β-unsaturated/α-hetero) is 1. The number of hydrogen-bond acceptors (Lipinski definition) is 3. The van der Waals surface area contributed by atoms with E-state index in [0.29, 0.717) is 11.3 Å². The lowest BCUT2D eigenvalue weighted by molar-refractivity contribution is 0.0970. The molecule has 0 atom stereocenters. The van der Waals surface area contributed by atoms with E-state index in [2.05, 4.69) is 4.98 Å². The molecule has 4 heteroatoms. The highest BCUT2D eigenvalue weighted by molar-refractivity contribution is 5.96. The highest BCUT2D eigenvalue weighted by Crippen LogP contribution is 2.23. The molecule has 0 bridgehead atoms. The number of carbonyl (C=O) groups is 1. The van der Waals surface area contributed by atoms with Gasteiger partial charge in [-0.2, -0.15) is 0 Å². The van der Waals surface area contributed by atoms with Crippen LogP contribution in [0.15, 0.2) is 35.4 Å². The fraction of sp³-hybridized carbons (Fsp3) is 0.312. The van der Waals surface area contributed by atoms with Gasteiger partial charge in [0.05, 0.1) is 12.9 Å². The maximum Gasteiger partial charge on any atom is 0.253 e. The molecule has 20 heavy (non-hydrogen) atoms. The van der Waals surface area contributed by atoms with Crippen LogP contribution in [0.5, 0.6) is 0 Å². The maximum absolute atomic E-state index is 12.3. The summed E-state index contributed by atoms with van der Waals surface area (Å²) in [6.07, 6.45) is 4.74. The quantitative estimate of drug-likeness (QED) is 0.799. The third kappa shape index (κ3) is 2.41. The van der Waals surface area contributed by atoms with E-state index in [4.69, 9.17) is 0 Å². The SMILES string of the molecule is Cc1cc(=O)n(CC(=O)c2ccc3c(c2)CCC3)cn1. The first-order valence-corrected chi connectivity index (χ1v) is 6.81. The predicted octanol–water partition coefficient (Wildman–Crippen LogP) is 1.92. The molecule has 1 aromatic carbocycles. The van der Waals surface area contributed by atoms with Gasteiger partial charge in [0.15, 0.2) is 5.78 Å². The van der Waals surface area contributed by atoms with Gasteiger partial charge in [0.25, 0.3) is 5.56 Å². The summed E-state index contributed by atoms with van der Waals surface area (Å²) in [5, 5.41) is 0. The van der Waals surface area contributed by atoms with E-state index in [1.54, 1.807) is 6.92 Å². The molecule has 0 unspecified atom stereocenters. The normalized spacial score (nSPS) is 13.2. The lowest BCUT2D eigenvalue weighted by atomic mass is 10.0. The molecule has 0 radical (unpaired) electrons. The van der Waals surface area contributed by atoms with Crippen LogP contribution in [-0.4, -0.2) is 15.3 Å². The molecule has 1 aliphatic rings. The lowest BCUT2D eigenvalue weighted by Crippen LogP contribution is -2.24. The second-order valence-corrected chi connectivity index (χ2v) is 5.26. The number of nitrogens with zero attached hydrogens (tertiary/aromatic N) is 2. The zero-order chi connectivity index (χ0) is 14.1. The number of aromatic nitrogens is 2. The van der Waals surface area contributed by atoms with Crippen LogP contribution in [0.3, 0.4) is 0 Å². The average Bonchev–Trinajstić information content (AvgIpc) is 2.89. The van der Waals surface area contributed by atoms with Crippen LogP contribution in [0.1, 0.15) is 33.6 Å². The maximum atomic E-state index is 12.3. The van der Waals surface area contributed by atoms with Gasteiger partial charge >= 0.3 is 0 Å². The summed E-state index contributed by atoms with van der Waals surface area (Å²) in [6.45, 7) is 1.80. The number of ketones is 1. The molecule has 3 rings (SSSR count). The fourth-order valence-electron chi connectivity index (χ4n) is 2.63. The first-order chi connectivity index (χ1) is 9.63. The number of carbonyl (C=O) groups excluding carboxylic acids is 1. The largest absolute Gasteiger partial charge is 0.292 e. The van der Waals surface area contributed by atoms with E-state index >= 15 is 0 Å². The topological polar surface area (TPSA) is 52.0 Å². The minimum atomic E-state index is -0.188. The van der Waals surface area contributed by atoms with Crippen molar-refractivity contribution >= 4 is 5.78 Å². The summed E-state index contributed by atoms with van der Waals surface area (Å²) in [4.78, 5) is 28.1. The van der Waals surface area contributed by atoms with Crippen molar-refractivity contribution in [1.82, 2.24) is 9.55 Å². The van der Waals surface area contributed by atoms with E-state index < -0.39 is 0 Å².